The fraction of sp³-hybridized carbons (Fsp3) is 0.600. The van der Waals surface area contributed by atoms with Crippen LogP contribution in [0.3, 0.4) is 0 Å². The molecule has 2 N–H and O–H groups in total. The van der Waals surface area contributed by atoms with E-state index in [1.54, 1.807) is 0 Å². The summed E-state index contributed by atoms with van der Waals surface area (Å²) in [7, 11) is 0. The third kappa shape index (κ3) is 1.99. The predicted octanol–water partition coefficient (Wildman–Crippen LogP) is 1.51. The largest absolute Gasteiger partial charge is 0.376 e. The minimum absolute atomic E-state index is 0.0977. The zero-order chi connectivity index (χ0) is 11.8. The highest BCUT2D eigenvalue weighted by atomic mass is 79.9. The highest BCUT2D eigenvalue weighted by molar-refractivity contribution is 9.10. The van der Waals surface area contributed by atoms with Crippen LogP contribution in [0, 0.1) is 0 Å². The van der Waals surface area contributed by atoms with Gasteiger partial charge < -0.3 is 15.0 Å². The molecule has 0 amide bonds. The van der Waals surface area contributed by atoms with E-state index in [9.17, 15) is 4.79 Å². The zero-order valence-electron chi connectivity index (χ0n) is 9.21. The predicted molar refractivity (Wildman–Crippen MR) is 64.6 cm³/mol. The third-order valence-electron chi connectivity index (χ3n) is 3.09. The average Bonchev–Trinajstić information content (AvgIpc) is 2.55. The first-order valence-electron chi connectivity index (χ1n) is 5.16. The van der Waals surface area contributed by atoms with E-state index in [2.05, 4.69) is 38.1 Å². The van der Waals surface area contributed by atoms with Gasteiger partial charge in [0.15, 0.2) is 0 Å². The molecule has 0 spiro atoms. The maximum Gasteiger partial charge on any atom is 0.267 e. The van der Waals surface area contributed by atoms with Crippen LogP contribution in [0.1, 0.15) is 20.3 Å². The van der Waals surface area contributed by atoms with Gasteiger partial charge in [0.2, 0.25) is 0 Å². The number of aromatic nitrogens is 2. The van der Waals surface area contributed by atoms with Crippen molar-refractivity contribution in [3.05, 3.63) is 21.2 Å². The fourth-order valence-electron chi connectivity index (χ4n) is 1.74. The summed E-state index contributed by atoms with van der Waals surface area (Å²) < 4.78 is 5.95. The average molecular weight is 288 g/mol. The fourth-order valence-corrected chi connectivity index (χ4v) is 2.06. The number of halogens is 1. The van der Waals surface area contributed by atoms with Gasteiger partial charge in [0.05, 0.1) is 18.0 Å². The molecular formula is C10H14BrN3O2. The van der Waals surface area contributed by atoms with Gasteiger partial charge in [-0.3, -0.25) is 4.79 Å². The van der Waals surface area contributed by atoms with Gasteiger partial charge in [-0.1, -0.05) is 0 Å². The molecule has 2 rings (SSSR count). The van der Waals surface area contributed by atoms with Crippen molar-refractivity contribution in [2.75, 3.05) is 11.9 Å². The molecule has 0 saturated carbocycles. The Balaban J connectivity index is 2.27. The van der Waals surface area contributed by atoms with Gasteiger partial charge in [-0.15, -0.1) is 0 Å². The molecule has 2 heterocycles. The van der Waals surface area contributed by atoms with Crippen molar-refractivity contribution in [2.45, 2.75) is 31.9 Å². The summed E-state index contributed by atoms with van der Waals surface area (Å²) in [5.74, 6) is 0.559. The maximum atomic E-state index is 11.4. The van der Waals surface area contributed by atoms with Gasteiger partial charge >= 0.3 is 0 Å². The lowest BCUT2D eigenvalue weighted by molar-refractivity contribution is 0.105. The van der Waals surface area contributed by atoms with Crippen LogP contribution in [0.5, 0.6) is 0 Å². The molecule has 2 unspecified atom stereocenters. The first-order valence-corrected chi connectivity index (χ1v) is 5.95. The lowest BCUT2D eigenvalue weighted by Gasteiger charge is -2.29. The second-order valence-corrected chi connectivity index (χ2v) is 4.99. The summed E-state index contributed by atoms with van der Waals surface area (Å²) >= 11 is 3.22. The number of nitrogens with zero attached hydrogens (tertiary/aromatic N) is 1. The van der Waals surface area contributed by atoms with E-state index in [4.69, 9.17) is 4.74 Å². The van der Waals surface area contributed by atoms with Gasteiger partial charge in [-0.2, -0.15) is 0 Å². The molecule has 1 aliphatic rings. The Kier molecular flexibility index (Phi) is 3.03. The monoisotopic (exact) mass is 287 g/mol. The lowest BCUT2D eigenvalue weighted by atomic mass is 9.95. The van der Waals surface area contributed by atoms with E-state index in [1.807, 2.05) is 6.92 Å². The Morgan fingerprint density at radius 2 is 2.50 bits per heavy atom. The molecule has 6 heteroatoms. The third-order valence-corrected chi connectivity index (χ3v) is 3.82. The molecule has 16 heavy (non-hydrogen) atoms. The van der Waals surface area contributed by atoms with E-state index in [0.717, 1.165) is 13.0 Å². The Hall–Kier alpha value is -0.880. The van der Waals surface area contributed by atoms with Crippen LogP contribution >= 0.6 is 15.9 Å². The van der Waals surface area contributed by atoms with Gasteiger partial charge in [0.25, 0.3) is 5.56 Å². The van der Waals surface area contributed by atoms with E-state index >= 15 is 0 Å². The van der Waals surface area contributed by atoms with Crippen molar-refractivity contribution < 1.29 is 4.74 Å². The number of hydrogen-bond donors (Lipinski definition) is 2. The zero-order valence-corrected chi connectivity index (χ0v) is 10.8. The lowest BCUT2D eigenvalue weighted by Crippen LogP contribution is -2.42. The quantitative estimate of drug-likeness (QED) is 0.865. The van der Waals surface area contributed by atoms with Crippen LogP contribution in [-0.4, -0.2) is 28.2 Å². The van der Waals surface area contributed by atoms with E-state index in [1.165, 1.54) is 6.33 Å². The molecule has 88 valence electrons. The molecule has 2 atom stereocenters. The van der Waals surface area contributed by atoms with E-state index in [-0.39, 0.29) is 17.2 Å². The van der Waals surface area contributed by atoms with Gasteiger partial charge in [-0.05, 0) is 36.2 Å². The Morgan fingerprint density at radius 1 is 1.75 bits per heavy atom. The first-order chi connectivity index (χ1) is 7.53. The topological polar surface area (TPSA) is 67.0 Å². The van der Waals surface area contributed by atoms with Crippen molar-refractivity contribution in [1.82, 2.24) is 9.97 Å². The summed E-state index contributed by atoms with van der Waals surface area (Å²) in [5.41, 5.74) is -0.365. The Bertz CT molecular complexity index is 448. The van der Waals surface area contributed by atoms with Crippen LogP contribution in [0.2, 0.25) is 0 Å². The molecule has 1 aromatic heterocycles. The minimum Gasteiger partial charge on any atom is -0.376 e. The molecule has 1 saturated heterocycles. The molecular weight excluding hydrogens is 274 g/mol. The molecule has 0 aromatic carbocycles. The summed E-state index contributed by atoms with van der Waals surface area (Å²) in [4.78, 5) is 18.0. The van der Waals surface area contributed by atoms with Crippen molar-refractivity contribution >= 4 is 21.7 Å². The number of hydrogen-bond acceptors (Lipinski definition) is 4. The first kappa shape index (κ1) is 11.6. The van der Waals surface area contributed by atoms with Crippen LogP contribution in [-0.2, 0) is 4.74 Å². The number of H-pyrrole nitrogens is 1. The Labute approximate surface area is 102 Å². The smallest absolute Gasteiger partial charge is 0.267 e. The summed E-state index contributed by atoms with van der Waals surface area (Å²) in [6, 6.07) is 0. The normalized spacial score (nSPS) is 29.3. The second kappa shape index (κ2) is 4.18. The van der Waals surface area contributed by atoms with Crippen LogP contribution in [0.15, 0.2) is 15.6 Å². The van der Waals surface area contributed by atoms with Gasteiger partial charge in [-0.25, -0.2) is 4.98 Å². The SMILES string of the molecule is CC1OCCC1(C)Nc1nc[nH]c(=O)c1Br. The van der Waals surface area contributed by atoms with Gasteiger partial charge in [0, 0.05) is 6.61 Å². The van der Waals surface area contributed by atoms with E-state index < -0.39 is 0 Å². The van der Waals surface area contributed by atoms with Crippen molar-refractivity contribution in [2.24, 2.45) is 0 Å². The standard InChI is InChI=1S/C10H14BrN3O2/c1-6-10(2,3-4-16-6)14-8-7(11)9(15)13-5-12-8/h5-6H,3-4H2,1-2H3,(H2,12,13,14,15). The second-order valence-electron chi connectivity index (χ2n) is 4.20. The van der Waals surface area contributed by atoms with Crippen molar-refractivity contribution in [1.29, 1.82) is 0 Å². The molecule has 1 aliphatic heterocycles. The summed E-state index contributed by atoms with van der Waals surface area (Å²) in [5, 5.41) is 3.27. The minimum atomic E-state index is -0.187. The number of anilines is 1. The summed E-state index contributed by atoms with van der Waals surface area (Å²) in [6.07, 6.45) is 2.38. The molecule has 1 aromatic rings. The molecule has 5 nitrogen and oxygen atoms in total. The Morgan fingerprint density at radius 3 is 3.12 bits per heavy atom. The van der Waals surface area contributed by atoms with Crippen LogP contribution in [0.25, 0.3) is 0 Å². The maximum absolute atomic E-state index is 11.4. The van der Waals surface area contributed by atoms with E-state index in [0.29, 0.717) is 10.3 Å². The molecule has 0 aliphatic carbocycles. The van der Waals surface area contributed by atoms with Gasteiger partial charge in [0.1, 0.15) is 10.3 Å². The molecule has 1 fully saturated rings. The van der Waals surface area contributed by atoms with Crippen LogP contribution in [0.4, 0.5) is 5.82 Å². The number of aromatic amines is 1. The van der Waals surface area contributed by atoms with Crippen molar-refractivity contribution in [3.8, 4) is 0 Å². The molecule has 0 radical (unpaired) electrons. The number of ether oxygens (including phenoxy) is 1. The highest BCUT2D eigenvalue weighted by Gasteiger charge is 2.37. The summed E-state index contributed by atoms with van der Waals surface area (Å²) in [6.45, 7) is 4.81. The van der Waals surface area contributed by atoms with Crippen molar-refractivity contribution in [3.63, 3.8) is 0 Å². The number of nitrogens with one attached hydrogen (secondary N) is 2. The van der Waals surface area contributed by atoms with Crippen LogP contribution < -0.4 is 10.9 Å². The number of rotatable bonds is 2. The highest BCUT2D eigenvalue weighted by Crippen LogP contribution is 2.30. The molecule has 0 bridgehead atoms.